The van der Waals surface area contributed by atoms with Crippen molar-refractivity contribution in [3.8, 4) is 10.6 Å². The summed E-state index contributed by atoms with van der Waals surface area (Å²) in [4.78, 5) is 25.6. The summed E-state index contributed by atoms with van der Waals surface area (Å²) < 4.78 is 1.22. The van der Waals surface area contributed by atoms with Crippen molar-refractivity contribution in [1.82, 2.24) is 9.78 Å². The third-order valence-corrected chi connectivity index (χ3v) is 5.50. The molecule has 0 bridgehead atoms. The first-order chi connectivity index (χ1) is 12.7. The number of fused-ring (bicyclic) bond motifs is 1. The van der Waals surface area contributed by atoms with Gasteiger partial charge in [-0.15, -0.1) is 11.3 Å². The van der Waals surface area contributed by atoms with Gasteiger partial charge in [-0.25, -0.2) is 4.68 Å². The Hall–Kier alpha value is -2.73. The van der Waals surface area contributed by atoms with E-state index in [0.29, 0.717) is 5.69 Å². The maximum absolute atomic E-state index is 12.5. The van der Waals surface area contributed by atoms with Crippen molar-refractivity contribution in [2.45, 2.75) is 32.2 Å². The molecule has 6 heteroatoms. The van der Waals surface area contributed by atoms with Crippen LogP contribution in [0.15, 0.2) is 52.6 Å². The number of thiophene rings is 1. The number of anilines is 1. The SMILES string of the molecule is O=C(Cn1nc(-c2cccs2)ccc1=O)Nc1cccc2c1CCCC2. The zero-order valence-corrected chi connectivity index (χ0v) is 15.1. The first-order valence-electron chi connectivity index (χ1n) is 8.73. The van der Waals surface area contributed by atoms with Crippen LogP contribution in [0.5, 0.6) is 0 Å². The Morgan fingerprint density at radius 2 is 2.00 bits per heavy atom. The molecule has 1 aliphatic carbocycles. The minimum Gasteiger partial charge on any atom is -0.324 e. The minimum absolute atomic E-state index is 0.0955. The number of aryl methyl sites for hydroxylation is 1. The maximum Gasteiger partial charge on any atom is 0.267 e. The summed E-state index contributed by atoms with van der Waals surface area (Å²) in [6.45, 7) is -0.0955. The van der Waals surface area contributed by atoms with E-state index in [2.05, 4.69) is 16.5 Å². The van der Waals surface area contributed by atoms with Crippen LogP contribution in [0.3, 0.4) is 0 Å². The Labute approximate surface area is 155 Å². The van der Waals surface area contributed by atoms with Gasteiger partial charge in [-0.3, -0.25) is 9.59 Å². The monoisotopic (exact) mass is 365 g/mol. The van der Waals surface area contributed by atoms with E-state index in [0.717, 1.165) is 29.8 Å². The molecular formula is C20H19N3O2S. The highest BCUT2D eigenvalue weighted by Crippen LogP contribution is 2.27. The van der Waals surface area contributed by atoms with Gasteiger partial charge in [-0.1, -0.05) is 18.2 Å². The van der Waals surface area contributed by atoms with Gasteiger partial charge in [0.1, 0.15) is 12.2 Å². The van der Waals surface area contributed by atoms with Crippen LogP contribution in [0, 0.1) is 0 Å². The van der Waals surface area contributed by atoms with Crippen LogP contribution in [0.25, 0.3) is 10.6 Å². The Kier molecular flexibility index (Phi) is 4.67. The highest BCUT2D eigenvalue weighted by Gasteiger charge is 2.15. The van der Waals surface area contributed by atoms with Crippen LogP contribution in [0.4, 0.5) is 5.69 Å². The normalized spacial score (nSPS) is 13.2. The van der Waals surface area contributed by atoms with Gasteiger partial charge in [0, 0.05) is 11.8 Å². The first kappa shape index (κ1) is 16.7. The smallest absolute Gasteiger partial charge is 0.267 e. The number of carbonyl (C=O) groups excluding carboxylic acids is 1. The zero-order valence-electron chi connectivity index (χ0n) is 14.3. The lowest BCUT2D eigenvalue weighted by atomic mass is 9.90. The third kappa shape index (κ3) is 3.46. The molecule has 5 nitrogen and oxygen atoms in total. The van der Waals surface area contributed by atoms with Crippen LogP contribution in [0.1, 0.15) is 24.0 Å². The summed E-state index contributed by atoms with van der Waals surface area (Å²) in [5.74, 6) is -0.234. The van der Waals surface area contributed by atoms with Crippen molar-refractivity contribution in [3.63, 3.8) is 0 Å². The van der Waals surface area contributed by atoms with Gasteiger partial charge in [0.2, 0.25) is 5.91 Å². The molecule has 0 saturated heterocycles. The van der Waals surface area contributed by atoms with Crippen molar-refractivity contribution >= 4 is 22.9 Å². The molecule has 1 aromatic carbocycles. The van der Waals surface area contributed by atoms with Gasteiger partial charge < -0.3 is 5.32 Å². The van der Waals surface area contributed by atoms with Crippen molar-refractivity contribution in [1.29, 1.82) is 0 Å². The zero-order chi connectivity index (χ0) is 17.9. The van der Waals surface area contributed by atoms with Crippen molar-refractivity contribution < 1.29 is 4.79 Å². The largest absolute Gasteiger partial charge is 0.324 e. The topological polar surface area (TPSA) is 64.0 Å². The molecule has 2 heterocycles. The van der Waals surface area contributed by atoms with E-state index in [1.54, 1.807) is 17.4 Å². The molecule has 1 N–H and O–H groups in total. The molecule has 132 valence electrons. The third-order valence-electron chi connectivity index (χ3n) is 4.60. The number of benzene rings is 1. The molecular weight excluding hydrogens is 346 g/mol. The average Bonchev–Trinajstić information content (AvgIpc) is 3.18. The fraction of sp³-hybridized carbons (Fsp3) is 0.250. The number of aromatic nitrogens is 2. The number of nitrogens with zero attached hydrogens (tertiary/aromatic N) is 2. The van der Waals surface area contributed by atoms with E-state index in [9.17, 15) is 9.59 Å². The number of nitrogens with one attached hydrogen (secondary N) is 1. The highest BCUT2D eigenvalue weighted by atomic mass is 32.1. The van der Waals surface area contributed by atoms with Gasteiger partial charge in [-0.2, -0.15) is 5.10 Å². The van der Waals surface area contributed by atoms with Crippen LogP contribution < -0.4 is 10.9 Å². The lowest BCUT2D eigenvalue weighted by Gasteiger charge is -2.19. The van der Waals surface area contributed by atoms with Crippen molar-refractivity contribution in [2.24, 2.45) is 0 Å². The Bertz CT molecular complexity index is 993. The molecule has 1 amide bonds. The van der Waals surface area contributed by atoms with Crippen LogP contribution in [-0.4, -0.2) is 15.7 Å². The van der Waals surface area contributed by atoms with E-state index in [4.69, 9.17) is 0 Å². The fourth-order valence-electron chi connectivity index (χ4n) is 3.34. The number of carbonyl (C=O) groups is 1. The highest BCUT2D eigenvalue weighted by molar-refractivity contribution is 7.13. The molecule has 0 fully saturated rings. The molecule has 0 saturated carbocycles. The quantitative estimate of drug-likeness (QED) is 0.770. The van der Waals surface area contributed by atoms with Crippen molar-refractivity contribution in [2.75, 3.05) is 5.32 Å². The second-order valence-electron chi connectivity index (χ2n) is 6.39. The second-order valence-corrected chi connectivity index (χ2v) is 7.34. The average molecular weight is 365 g/mol. The number of hydrogen-bond donors (Lipinski definition) is 1. The molecule has 0 spiro atoms. The van der Waals surface area contributed by atoms with Gasteiger partial charge in [0.15, 0.2) is 0 Å². The Morgan fingerprint density at radius 3 is 2.85 bits per heavy atom. The van der Waals surface area contributed by atoms with Gasteiger partial charge in [0.25, 0.3) is 5.56 Å². The number of hydrogen-bond acceptors (Lipinski definition) is 4. The summed E-state index contributed by atoms with van der Waals surface area (Å²) in [5.41, 5.74) is 3.80. The standard InChI is InChI=1S/C20H19N3O2S/c24-19(21-16-8-3-6-14-5-1-2-7-15(14)16)13-23-20(25)11-10-17(22-23)18-9-4-12-26-18/h3-4,6,8-12H,1-2,5,7,13H2,(H,21,24). The number of amides is 1. The van der Waals surface area contributed by atoms with E-state index in [-0.39, 0.29) is 18.0 Å². The molecule has 0 aliphatic heterocycles. The molecule has 0 unspecified atom stereocenters. The van der Waals surface area contributed by atoms with Gasteiger partial charge in [-0.05, 0) is 60.4 Å². The lowest BCUT2D eigenvalue weighted by molar-refractivity contribution is -0.117. The predicted molar refractivity (Wildman–Crippen MR) is 104 cm³/mol. The maximum atomic E-state index is 12.5. The summed E-state index contributed by atoms with van der Waals surface area (Å²) in [5, 5.41) is 9.26. The fourth-order valence-corrected chi connectivity index (χ4v) is 4.03. The summed E-state index contributed by atoms with van der Waals surface area (Å²) in [7, 11) is 0. The van der Waals surface area contributed by atoms with Crippen LogP contribution >= 0.6 is 11.3 Å². The van der Waals surface area contributed by atoms with E-state index in [1.165, 1.54) is 28.3 Å². The molecule has 0 atom stereocenters. The van der Waals surface area contributed by atoms with E-state index in [1.807, 2.05) is 29.6 Å². The molecule has 3 aromatic rings. The number of rotatable bonds is 4. The van der Waals surface area contributed by atoms with Crippen molar-refractivity contribution in [3.05, 3.63) is 69.3 Å². The van der Waals surface area contributed by atoms with Gasteiger partial charge in [0.05, 0.1) is 4.88 Å². The van der Waals surface area contributed by atoms with Crippen LogP contribution in [-0.2, 0) is 24.2 Å². The molecule has 1 aliphatic rings. The summed E-state index contributed by atoms with van der Waals surface area (Å²) in [6, 6.07) is 13.1. The minimum atomic E-state index is -0.282. The molecule has 2 aromatic heterocycles. The summed E-state index contributed by atoms with van der Waals surface area (Å²) >= 11 is 1.55. The molecule has 26 heavy (non-hydrogen) atoms. The van der Waals surface area contributed by atoms with Crippen LogP contribution in [0.2, 0.25) is 0 Å². The van der Waals surface area contributed by atoms with E-state index < -0.39 is 0 Å². The summed E-state index contributed by atoms with van der Waals surface area (Å²) in [6.07, 6.45) is 4.38. The van der Waals surface area contributed by atoms with E-state index >= 15 is 0 Å². The second kappa shape index (κ2) is 7.25. The predicted octanol–water partition coefficient (Wildman–Crippen LogP) is 3.49. The molecule has 4 rings (SSSR count). The lowest BCUT2D eigenvalue weighted by Crippen LogP contribution is -2.29. The van der Waals surface area contributed by atoms with Gasteiger partial charge >= 0.3 is 0 Å². The Morgan fingerprint density at radius 1 is 1.12 bits per heavy atom. The Balaban J connectivity index is 1.54. The molecule has 0 radical (unpaired) electrons. The first-order valence-corrected chi connectivity index (χ1v) is 9.61.